The monoisotopic (exact) mass is 262 g/mol. The Balaban J connectivity index is 1.58. The van der Waals surface area contributed by atoms with Crippen molar-refractivity contribution in [3.8, 4) is 0 Å². The zero-order chi connectivity index (χ0) is 13.5. The van der Waals surface area contributed by atoms with E-state index < -0.39 is 0 Å². The van der Waals surface area contributed by atoms with Crippen molar-refractivity contribution in [1.29, 1.82) is 0 Å². The van der Waals surface area contributed by atoms with Crippen molar-refractivity contribution >= 4 is 5.97 Å². The highest BCUT2D eigenvalue weighted by atomic mass is 16.5. The molecule has 0 N–H and O–H groups in total. The average molecular weight is 262 g/mol. The number of rotatable bonds is 5. The third-order valence-electron chi connectivity index (χ3n) is 5.69. The normalized spacial score (nSPS) is 39.3. The van der Waals surface area contributed by atoms with E-state index in [2.05, 4.69) is 6.58 Å². The summed E-state index contributed by atoms with van der Waals surface area (Å²) in [6, 6.07) is 0. The highest BCUT2D eigenvalue weighted by molar-refractivity contribution is 5.87. The molecule has 0 spiro atoms. The minimum Gasteiger partial charge on any atom is -0.463 e. The smallest absolute Gasteiger partial charge is 0.333 e. The number of ether oxygens (including phenoxy) is 1. The van der Waals surface area contributed by atoms with Gasteiger partial charge in [-0.2, -0.15) is 0 Å². The molecule has 4 aliphatic rings. The molecule has 0 aliphatic heterocycles. The molecule has 0 aromatic carbocycles. The lowest BCUT2D eigenvalue weighted by Gasteiger charge is -2.57. The topological polar surface area (TPSA) is 26.3 Å². The molecule has 4 bridgehead atoms. The Morgan fingerprint density at radius 3 is 2.16 bits per heavy atom. The molecule has 0 heterocycles. The summed E-state index contributed by atoms with van der Waals surface area (Å²) in [5, 5.41) is 0. The van der Waals surface area contributed by atoms with Crippen LogP contribution in [0.4, 0.5) is 0 Å². The summed E-state index contributed by atoms with van der Waals surface area (Å²) in [6.45, 7) is 6.22. The van der Waals surface area contributed by atoms with Gasteiger partial charge in [-0.15, -0.1) is 0 Å². The molecule has 4 rings (SSSR count). The standard InChI is InChI=1S/C17H26O2/c1-3-19-16(18)12(2)4-5-17-9-13-6-14(10-17)8-15(7-13)11-17/h13-15H,2-11H2,1H3. The number of carbonyl (C=O) groups excluding carboxylic acids is 1. The van der Waals surface area contributed by atoms with Crippen molar-refractivity contribution in [3.63, 3.8) is 0 Å². The molecule has 0 unspecified atom stereocenters. The second-order valence-electron chi connectivity index (χ2n) is 7.24. The zero-order valence-electron chi connectivity index (χ0n) is 12.1. The number of esters is 1. The zero-order valence-corrected chi connectivity index (χ0v) is 12.1. The molecule has 0 atom stereocenters. The lowest BCUT2D eigenvalue weighted by Crippen LogP contribution is -2.46. The lowest BCUT2D eigenvalue weighted by molar-refractivity contribution is -0.138. The summed E-state index contributed by atoms with van der Waals surface area (Å²) in [6.07, 6.45) is 10.7. The summed E-state index contributed by atoms with van der Waals surface area (Å²) in [5.74, 6) is 2.78. The van der Waals surface area contributed by atoms with Crippen molar-refractivity contribution < 1.29 is 9.53 Å². The minimum absolute atomic E-state index is 0.188. The average Bonchev–Trinajstić information content (AvgIpc) is 2.34. The molecule has 106 valence electrons. The first-order valence-corrected chi connectivity index (χ1v) is 7.95. The second-order valence-corrected chi connectivity index (χ2v) is 7.24. The Bertz CT molecular complexity index is 347. The van der Waals surface area contributed by atoms with Crippen LogP contribution in [0, 0.1) is 23.2 Å². The van der Waals surface area contributed by atoms with Gasteiger partial charge in [0.25, 0.3) is 0 Å². The summed E-state index contributed by atoms with van der Waals surface area (Å²) >= 11 is 0. The fourth-order valence-corrected chi connectivity index (χ4v) is 5.35. The molecule has 4 aliphatic carbocycles. The Morgan fingerprint density at radius 2 is 1.68 bits per heavy atom. The van der Waals surface area contributed by atoms with Crippen LogP contribution in [-0.4, -0.2) is 12.6 Å². The van der Waals surface area contributed by atoms with Crippen molar-refractivity contribution in [2.45, 2.75) is 58.3 Å². The van der Waals surface area contributed by atoms with Crippen LogP contribution in [0.5, 0.6) is 0 Å². The molecular weight excluding hydrogens is 236 g/mol. The first-order valence-electron chi connectivity index (χ1n) is 7.95. The minimum atomic E-state index is -0.188. The lowest BCUT2D eigenvalue weighted by atomic mass is 9.48. The SMILES string of the molecule is C=C(CCC12CC3CC(CC(C3)C1)C2)C(=O)OCC. The molecule has 0 aromatic heterocycles. The molecule has 0 saturated heterocycles. The Hall–Kier alpha value is -0.790. The van der Waals surface area contributed by atoms with E-state index in [1.165, 1.54) is 38.5 Å². The van der Waals surface area contributed by atoms with Crippen LogP contribution < -0.4 is 0 Å². The molecule has 4 saturated carbocycles. The van der Waals surface area contributed by atoms with Crippen LogP contribution in [0.15, 0.2) is 12.2 Å². The fourth-order valence-electron chi connectivity index (χ4n) is 5.35. The fraction of sp³-hybridized carbons (Fsp3) is 0.824. The molecule has 0 radical (unpaired) electrons. The van der Waals surface area contributed by atoms with Crippen molar-refractivity contribution in [1.82, 2.24) is 0 Å². The predicted molar refractivity (Wildman–Crippen MR) is 75.6 cm³/mol. The molecule has 4 fully saturated rings. The Morgan fingerprint density at radius 1 is 1.16 bits per heavy atom. The van der Waals surface area contributed by atoms with Gasteiger partial charge in [0.05, 0.1) is 6.61 Å². The van der Waals surface area contributed by atoms with Crippen LogP contribution in [0.25, 0.3) is 0 Å². The maximum absolute atomic E-state index is 11.6. The van der Waals surface area contributed by atoms with Gasteiger partial charge < -0.3 is 4.74 Å². The van der Waals surface area contributed by atoms with Gasteiger partial charge in [-0.3, -0.25) is 0 Å². The van der Waals surface area contributed by atoms with Gasteiger partial charge in [0, 0.05) is 5.57 Å². The Labute approximate surface area is 116 Å². The summed E-state index contributed by atoms with van der Waals surface area (Å²) in [5.41, 5.74) is 1.22. The maximum atomic E-state index is 11.6. The third kappa shape index (κ3) is 2.59. The molecule has 2 nitrogen and oxygen atoms in total. The summed E-state index contributed by atoms with van der Waals surface area (Å²) < 4.78 is 5.04. The van der Waals surface area contributed by atoms with E-state index in [0.717, 1.165) is 30.6 Å². The first-order chi connectivity index (χ1) is 9.10. The van der Waals surface area contributed by atoms with E-state index in [-0.39, 0.29) is 5.97 Å². The first kappa shape index (κ1) is 13.2. The number of hydrogen-bond acceptors (Lipinski definition) is 2. The molecule has 2 heteroatoms. The van der Waals surface area contributed by atoms with Crippen LogP contribution in [-0.2, 0) is 9.53 Å². The maximum Gasteiger partial charge on any atom is 0.333 e. The van der Waals surface area contributed by atoms with Crippen LogP contribution >= 0.6 is 0 Å². The van der Waals surface area contributed by atoms with Gasteiger partial charge in [-0.1, -0.05) is 6.58 Å². The molecule has 0 aromatic rings. The largest absolute Gasteiger partial charge is 0.463 e. The second kappa shape index (κ2) is 4.96. The molecule has 0 amide bonds. The van der Waals surface area contributed by atoms with Gasteiger partial charge in [0.1, 0.15) is 0 Å². The van der Waals surface area contributed by atoms with E-state index in [1.54, 1.807) is 0 Å². The van der Waals surface area contributed by atoms with Gasteiger partial charge in [0.15, 0.2) is 0 Å². The third-order valence-corrected chi connectivity index (χ3v) is 5.69. The quantitative estimate of drug-likeness (QED) is 0.550. The van der Waals surface area contributed by atoms with Gasteiger partial charge in [0.2, 0.25) is 0 Å². The molecular formula is C17H26O2. The van der Waals surface area contributed by atoms with Gasteiger partial charge in [-0.25, -0.2) is 4.79 Å². The highest BCUT2D eigenvalue weighted by Crippen LogP contribution is 2.61. The van der Waals surface area contributed by atoms with E-state index in [1.807, 2.05) is 6.92 Å². The van der Waals surface area contributed by atoms with Gasteiger partial charge >= 0.3 is 5.97 Å². The van der Waals surface area contributed by atoms with Crippen molar-refractivity contribution in [3.05, 3.63) is 12.2 Å². The van der Waals surface area contributed by atoms with E-state index >= 15 is 0 Å². The number of carbonyl (C=O) groups is 1. The predicted octanol–water partition coefficient (Wildman–Crippen LogP) is 4.10. The summed E-state index contributed by atoms with van der Waals surface area (Å²) in [7, 11) is 0. The van der Waals surface area contributed by atoms with Crippen LogP contribution in [0.2, 0.25) is 0 Å². The van der Waals surface area contributed by atoms with E-state index in [0.29, 0.717) is 17.6 Å². The van der Waals surface area contributed by atoms with Crippen LogP contribution in [0.3, 0.4) is 0 Å². The summed E-state index contributed by atoms with van der Waals surface area (Å²) in [4.78, 5) is 11.6. The highest BCUT2D eigenvalue weighted by Gasteiger charge is 2.50. The van der Waals surface area contributed by atoms with Crippen molar-refractivity contribution in [2.75, 3.05) is 6.61 Å². The van der Waals surface area contributed by atoms with Gasteiger partial charge in [-0.05, 0) is 81.5 Å². The number of hydrogen-bond donors (Lipinski definition) is 0. The van der Waals surface area contributed by atoms with Crippen LogP contribution in [0.1, 0.15) is 58.3 Å². The van der Waals surface area contributed by atoms with E-state index in [4.69, 9.17) is 4.74 Å². The van der Waals surface area contributed by atoms with E-state index in [9.17, 15) is 4.79 Å². The van der Waals surface area contributed by atoms with Crippen molar-refractivity contribution in [2.24, 2.45) is 23.2 Å². The molecule has 19 heavy (non-hydrogen) atoms. The Kier molecular flexibility index (Phi) is 3.44.